The highest BCUT2D eigenvalue weighted by Crippen LogP contribution is 2.36. The molecule has 1 saturated carbocycles. The molecule has 1 aliphatic carbocycles. The van der Waals surface area contributed by atoms with E-state index in [1.807, 2.05) is 36.4 Å². The summed E-state index contributed by atoms with van der Waals surface area (Å²) in [5, 5.41) is 8.11. The lowest BCUT2D eigenvalue weighted by Crippen LogP contribution is -2.29. The molecule has 2 N–H and O–H groups in total. The van der Waals surface area contributed by atoms with E-state index in [1.54, 1.807) is 7.11 Å². The van der Waals surface area contributed by atoms with Crippen molar-refractivity contribution in [3.05, 3.63) is 36.4 Å². The summed E-state index contributed by atoms with van der Waals surface area (Å²) < 4.78 is 11.3. The zero-order valence-electron chi connectivity index (χ0n) is 13.6. The number of anilines is 1. The fourth-order valence-corrected chi connectivity index (χ4v) is 2.92. The van der Waals surface area contributed by atoms with Gasteiger partial charge in [-0.3, -0.25) is 4.79 Å². The van der Waals surface area contributed by atoms with Gasteiger partial charge >= 0.3 is 0 Å². The molecule has 0 radical (unpaired) electrons. The number of amides is 1. The molecule has 0 unspecified atom stereocenters. The Balaban J connectivity index is 1.59. The molecule has 2 aromatic carbocycles. The molecule has 1 fully saturated rings. The lowest BCUT2D eigenvalue weighted by Gasteiger charge is -2.10. The molecule has 1 aromatic heterocycles. The van der Waals surface area contributed by atoms with Gasteiger partial charge in [-0.1, -0.05) is 18.2 Å². The first-order valence-electron chi connectivity index (χ1n) is 8.24. The number of methoxy groups -OCH3 is 1. The Bertz CT molecular complexity index is 896. The van der Waals surface area contributed by atoms with Crippen molar-refractivity contribution in [2.24, 2.45) is 5.92 Å². The average Bonchev–Trinajstić information content (AvgIpc) is 3.34. The predicted molar refractivity (Wildman–Crippen MR) is 94.5 cm³/mol. The average molecular weight is 324 g/mol. The third-order valence-electron chi connectivity index (χ3n) is 4.39. The van der Waals surface area contributed by atoms with E-state index in [0.29, 0.717) is 18.0 Å². The van der Waals surface area contributed by atoms with E-state index in [9.17, 15) is 4.79 Å². The Morgan fingerprint density at radius 1 is 1.21 bits per heavy atom. The van der Waals surface area contributed by atoms with E-state index in [1.165, 1.54) is 12.8 Å². The second-order valence-electron chi connectivity index (χ2n) is 6.27. The highest BCUT2D eigenvalue weighted by Gasteiger charge is 2.21. The van der Waals surface area contributed by atoms with Crippen LogP contribution in [-0.4, -0.2) is 26.1 Å². The van der Waals surface area contributed by atoms with Crippen molar-refractivity contribution in [2.45, 2.75) is 12.8 Å². The van der Waals surface area contributed by atoms with E-state index in [0.717, 1.165) is 34.4 Å². The van der Waals surface area contributed by atoms with Gasteiger partial charge in [0.1, 0.15) is 16.9 Å². The quantitative estimate of drug-likeness (QED) is 0.728. The molecule has 0 spiro atoms. The predicted octanol–water partition coefficient (Wildman–Crippen LogP) is 3.53. The van der Waals surface area contributed by atoms with Crippen molar-refractivity contribution < 1.29 is 13.9 Å². The molecule has 0 atom stereocenters. The molecule has 1 amide bonds. The van der Waals surface area contributed by atoms with Gasteiger partial charge in [-0.05, 0) is 37.4 Å². The van der Waals surface area contributed by atoms with Gasteiger partial charge in [0.25, 0.3) is 0 Å². The normalized spacial score (nSPS) is 14.2. The van der Waals surface area contributed by atoms with Crippen molar-refractivity contribution in [3.8, 4) is 5.75 Å². The number of para-hydroxylation sites is 1. The number of furan rings is 1. The molecule has 3 aromatic rings. The fourth-order valence-electron chi connectivity index (χ4n) is 2.92. The second-order valence-corrected chi connectivity index (χ2v) is 6.27. The minimum absolute atomic E-state index is 0.0792. The van der Waals surface area contributed by atoms with Gasteiger partial charge in [-0.25, -0.2) is 0 Å². The lowest BCUT2D eigenvalue weighted by atomic mass is 10.1. The Hall–Kier alpha value is -2.53. The summed E-state index contributed by atoms with van der Waals surface area (Å²) in [4.78, 5) is 12.1. The van der Waals surface area contributed by atoms with Crippen LogP contribution < -0.4 is 15.4 Å². The first kappa shape index (κ1) is 15.0. The van der Waals surface area contributed by atoms with Gasteiger partial charge in [-0.2, -0.15) is 0 Å². The van der Waals surface area contributed by atoms with Crippen LogP contribution in [0.3, 0.4) is 0 Å². The molecular weight excluding hydrogens is 304 g/mol. The van der Waals surface area contributed by atoms with Crippen LogP contribution in [0.2, 0.25) is 0 Å². The molecule has 1 heterocycles. The van der Waals surface area contributed by atoms with E-state index in [-0.39, 0.29) is 5.91 Å². The fraction of sp³-hybridized carbons (Fsp3) is 0.316. The third-order valence-corrected chi connectivity index (χ3v) is 4.39. The Morgan fingerprint density at radius 3 is 2.83 bits per heavy atom. The van der Waals surface area contributed by atoms with Crippen molar-refractivity contribution in [3.63, 3.8) is 0 Å². The van der Waals surface area contributed by atoms with Crippen LogP contribution >= 0.6 is 0 Å². The molecule has 0 aliphatic heterocycles. The summed E-state index contributed by atoms with van der Waals surface area (Å²) in [6.07, 6.45) is 2.54. The Morgan fingerprint density at radius 2 is 2.04 bits per heavy atom. The van der Waals surface area contributed by atoms with Crippen molar-refractivity contribution in [1.29, 1.82) is 0 Å². The number of nitrogens with one attached hydrogen (secondary N) is 2. The van der Waals surface area contributed by atoms with Gasteiger partial charge in [0.05, 0.1) is 19.3 Å². The van der Waals surface area contributed by atoms with Gasteiger partial charge in [0.15, 0.2) is 0 Å². The van der Waals surface area contributed by atoms with E-state index in [2.05, 4.69) is 10.6 Å². The Labute approximate surface area is 140 Å². The van der Waals surface area contributed by atoms with Crippen LogP contribution in [0.25, 0.3) is 21.9 Å². The highest BCUT2D eigenvalue weighted by atomic mass is 16.5. The summed E-state index contributed by atoms with van der Waals surface area (Å²) in [6, 6.07) is 11.6. The Kier molecular flexibility index (Phi) is 3.86. The van der Waals surface area contributed by atoms with Crippen LogP contribution in [0.1, 0.15) is 12.8 Å². The van der Waals surface area contributed by atoms with Crippen LogP contribution in [0.5, 0.6) is 5.75 Å². The number of hydrogen-bond acceptors (Lipinski definition) is 4. The maximum atomic E-state index is 12.1. The largest absolute Gasteiger partial charge is 0.495 e. The lowest BCUT2D eigenvalue weighted by molar-refractivity contribution is -0.115. The molecule has 1 aliphatic rings. The zero-order valence-corrected chi connectivity index (χ0v) is 13.6. The number of rotatable bonds is 6. The van der Waals surface area contributed by atoms with Crippen LogP contribution in [-0.2, 0) is 4.79 Å². The number of ether oxygens (including phenoxy) is 1. The molecule has 24 heavy (non-hydrogen) atoms. The monoisotopic (exact) mass is 324 g/mol. The van der Waals surface area contributed by atoms with Gasteiger partial charge < -0.3 is 19.8 Å². The number of carbonyl (C=O) groups excluding carboxylic acids is 1. The minimum Gasteiger partial charge on any atom is -0.495 e. The smallest absolute Gasteiger partial charge is 0.238 e. The van der Waals surface area contributed by atoms with E-state index < -0.39 is 0 Å². The first-order valence-corrected chi connectivity index (χ1v) is 8.24. The molecule has 124 valence electrons. The van der Waals surface area contributed by atoms with Gasteiger partial charge in [0.2, 0.25) is 5.91 Å². The number of carbonyl (C=O) groups is 1. The molecule has 0 bridgehead atoms. The van der Waals surface area contributed by atoms with Crippen LogP contribution in [0.15, 0.2) is 40.8 Å². The summed E-state index contributed by atoms with van der Waals surface area (Å²) in [5.74, 6) is 1.30. The summed E-state index contributed by atoms with van der Waals surface area (Å²) in [7, 11) is 1.60. The maximum absolute atomic E-state index is 12.1. The van der Waals surface area contributed by atoms with Gasteiger partial charge in [-0.15, -0.1) is 0 Å². The van der Waals surface area contributed by atoms with Crippen molar-refractivity contribution in [1.82, 2.24) is 5.32 Å². The summed E-state index contributed by atoms with van der Waals surface area (Å²) >= 11 is 0. The van der Waals surface area contributed by atoms with Crippen molar-refractivity contribution in [2.75, 3.05) is 25.5 Å². The SMILES string of the molecule is COc1cc2c(cc1NC(=O)CNCC1CC1)oc1ccccc12. The second kappa shape index (κ2) is 6.17. The van der Waals surface area contributed by atoms with Crippen LogP contribution in [0.4, 0.5) is 5.69 Å². The van der Waals surface area contributed by atoms with Crippen LogP contribution in [0, 0.1) is 5.92 Å². The van der Waals surface area contributed by atoms with Gasteiger partial charge in [0, 0.05) is 16.8 Å². The first-order chi connectivity index (χ1) is 11.7. The molecule has 5 heteroatoms. The topological polar surface area (TPSA) is 63.5 Å². The number of fused-ring (bicyclic) bond motifs is 3. The zero-order chi connectivity index (χ0) is 16.5. The number of hydrogen-bond donors (Lipinski definition) is 2. The molecule has 4 rings (SSSR count). The summed E-state index contributed by atoms with van der Waals surface area (Å²) in [6.45, 7) is 1.21. The van der Waals surface area contributed by atoms with E-state index >= 15 is 0 Å². The molecule has 5 nitrogen and oxygen atoms in total. The maximum Gasteiger partial charge on any atom is 0.238 e. The highest BCUT2D eigenvalue weighted by molar-refractivity contribution is 6.07. The molecule has 0 saturated heterocycles. The standard InChI is InChI=1S/C19H20N2O3/c1-23-18-8-14-13-4-2-3-5-16(13)24-17(14)9-15(18)21-19(22)11-20-10-12-6-7-12/h2-5,8-9,12,20H,6-7,10-11H2,1H3,(H,21,22). The third kappa shape index (κ3) is 2.95. The minimum atomic E-state index is -0.0792. The van der Waals surface area contributed by atoms with Crippen molar-refractivity contribution >= 4 is 33.5 Å². The molecular formula is C19H20N2O3. The van der Waals surface area contributed by atoms with E-state index in [4.69, 9.17) is 9.15 Å². The summed E-state index contributed by atoms with van der Waals surface area (Å²) in [5.41, 5.74) is 2.18. The number of benzene rings is 2.